The second-order valence-corrected chi connectivity index (χ2v) is 3.07. The average molecular weight is 150 g/mol. The molecule has 0 fully saturated rings. The molecule has 0 bridgehead atoms. The summed E-state index contributed by atoms with van der Waals surface area (Å²) in [6, 6.07) is 8.71. The van der Waals surface area contributed by atoms with Crippen LogP contribution in [-0.2, 0) is 0 Å². The number of aryl methyl sites for hydroxylation is 1. The predicted octanol–water partition coefficient (Wildman–Crippen LogP) is 3.75. The van der Waals surface area contributed by atoms with E-state index in [1.54, 1.807) is 0 Å². The van der Waals surface area contributed by atoms with E-state index in [9.17, 15) is 0 Å². The van der Waals surface area contributed by atoms with Crippen LogP contribution in [0.3, 0.4) is 0 Å². The second kappa shape index (κ2) is 4.17. The third-order valence-electron chi connectivity index (χ3n) is 1.74. The standard InChI is InChI=1S/C10H14.CH4/c1-8(2)10-6-4-9(3)5-7-10;/h4-8H,1-3H3;1H4. The highest BCUT2D eigenvalue weighted by molar-refractivity contribution is 5.23. The SMILES string of the molecule is C.Cc1ccc(C(C)C)cc1. The molecule has 0 spiro atoms. The van der Waals surface area contributed by atoms with E-state index in [4.69, 9.17) is 0 Å². The zero-order valence-electron chi connectivity index (χ0n) is 6.89. The van der Waals surface area contributed by atoms with Gasteiger partial charge in [-0.15, -0.1) is 0 Å². The number of hydrogen-bond acceptors (Lipinski definition) is 0. The van der Waals surface area contributed by atoms with Crippen molar-refractivity contribution in [1.82, 2.24) is 0 Å². The first-order chi connectivity index (χ1) is 4.70. The van der Waals surface area contributed by atoms with Crippen LogP contribution in [0.4, 0.5) is 0 Å². The van der Waals surface area contributed by atoms with Gasteiger partial charge in [0.1, 0.15) is 0 Å². The normalized spacial score (nSPS) is 9.45. The van der Waals surface area contributed by atoms with Gasteiger partial charge in [0.05, 0.1) is 0 Å². The lowest BCUT2D eigenvalue weighted by atomic mass is 10.0. The molecule has 0 N–H and O–H groups in total. The monoisotopic (exact) mass is 150 g/mol. The van der Waals surface area contributed by atoms with E-state index in [0.717, 1.165) is 0 Å². The van der Waals surface area contributed by atoms with E-state index in [1.807, 2.05) is 0 Å². The highest BCUT2D eigenvalue weighted by Gasteiger charge is 1.95. The van der Waals surface area contributed by atoms with Gasteiger partial charge in [0.25, 0.3) is 0 Å². The molecule has 0 heteroatoms. The molecule has 11 heavy (non-hydrogen) atoms. The Morgan fingerprint density at radius 3 is 1.82 bits per heavy atom. The highest BCUT2D eigenvalue weighted by atomic mass is 14.0. The van der Waals surface area contributed by atoms with Crippen LogP contribution in [0.25, 0.3) is 0 Å². The molecule has 0 aliphatic carbocycles. The maximum atomic E-state index is 2.21. The minimum atomic E-state index is 0. The second-order valence-electron chi connectivity index (χ2n) is 3.07. The fourth-order valence-corrected chi connectivity index (χ4v) is 0.951. The van der Waals surface area contributed by atoms with Crippen molar-refractivity contribution in [2.45, 2.75) is 34.1 Å². The molecule has 0 saturated carbocycles. The van der Waals surface area contributed by atoms with Crippen LogP contribution in [0.2, 0.25) is 0 Å². The third-order valence-corrected chi connectivity index (χ3v) is 1.74. The molecule has 0 radical (unpaired) electrons. The first-order valence-corrected chi connectivity index (χ1v) is 3.76. The van der Waals surface area contributed by atoms with Crippen LogP contribution in [0.5, 0.6) is 0 Å². The Labute approximate surface area is 70.3 Å². The van der Waals surface area contributed by atoms with Crippen molar-refractivity contribution in [2.75, 3.05) is 0 Å². The van der Waals surface area contributed by atoms with Crippen LogP contribution in [0, 0.1) is 6.92 Å². The minimum absolute atomic E-state index is 0. The van der Waals surface area contributed by atoms with E-state index >= 15 is 0 Å². The van der Waals surface area contributed by atoms with Gasteiger partial charge < -0.3 is 0 Å². The zero-order chi connectivity index (χ0) is 7.56. The Morgan fingerprint density at radius 2 is 1.45 bits per heavy atom. The number of benzene rings is 1. The van der Waals surface area contributed by atoms with Gasteiger partial charge in [0, 0.05) is 0 Å². The van der Waals surface area contributed by atoms with Crippen LogP contribution < -0.4 is 0 Å². The topological polar surface area (TPSA) is 0 Å². The molecular formula is C11H18. The fourth-order valence-electron chi connectivity index (χ4n) is 0.951. The summed E-state index contributed by atoms with van der Waals surface area (Å²) in [5, 5.41) is 0. The van der Waals surface area contributed by atoms with Crippen LogP contribution in [-0.4, -0.2) is 0 Å². The van der Waals surface area contributed by atoms with Gasteiger partial charge >= 0.3 is 0 Å². The quantitative estimate of drug-likeness (QED) is 0.572. The van der Waals surface area contributed by atoms with Gasteiger partial charge in [-0.2, -0.15) is 0 Å². The van der Waals surface area contributed by atoms with Crippen molar-refractivity contribution in [1.29, 1.82) is 0 Å². The lowest BCUT2D eigenvalue weighted by Gasteiger charge is -2.03. The summed E-state index contributed by atoms with van der Waals surface area (Å²) in [6.07, 6.45) is 0. The first-order valence-electron chi connectivity index (χ1n) is 3.76. The minimum Gasteiger partial charge on any atom is -0.0776 e. The van der Waals surface area contributed by atoms with Crippen LogP contribution >= 0.6 is 0 Å². The summed E-state index contributed by atoms with van der Waals surface area (Å²) < 4.78 is 0. The number of hydrogen-bond donors (Lipinski definition) is 0. The van der Waals surface area contributed by atoms with Crippen molar-refractivity contribution < 1.29 is 0 Å². The molecule has 0 nitrogen and oxygen atoms in total. The lowest BCUT2D eigenvalue weighted by Crippen LogP contribution is -1.85. The summed E-state index contributed by atoms with van der Waals surface area (Å²) >= 11 is 0. The third kappa shape index (κ3) is 2.75. The Bertz CT molecular complexity index is 194. The van der Waals surface area contributed by atoms with Crippen molar-refractivity contribution in [3.05, 3.63) is 35.4 Å². The van der Waals surface area contributed by atoms with Gasteiger partial charge in [-0.25, -0.2) is 0 Å². The van der Waals surface area contributed by atoms with Gasteiger partial charge in [-0.1, -0.05) is 51.1 Å². The number of rotatable bonds is 1. The van der Waals surface area contributed by atoms with E-state index < -0.39 is 0 Å². The average Bonchev–Trinajstić information content (AvgIpc) is 1.88. The first kappa shape index (κ1) is 10.2. The molecule has 1 aromatic carbocycles. The molecule has 0 heterocycles. The molecule has 0 aromatic heterocycles. The Hall–Kier alpha value is -0.780. The summed E-state index contributed by atoms with van der Waals surface area (Å²) in [5.41, 5.74) is 2.76. The molecule has 0 saturated heterocycles. The molecule has 0 amide bonds. The lowest BCUT2D eigenvalue weighted by molar-refractivity contribution is 0.866. The van der Waals surface area contributed by atoms with Crippen molar-refractivity contribution in [3.63, 3.8) is 0 Å². The molecule has 1 aromatic rings. The van der Waals surface area contributed by atoms with Gasteiger partial charge in [0.15, 0.2) is 0 Å². The highest BCUT2D eigenvalue weighted by Crippen LogP contribution is 2.13. The van der Waals surface area contributed by atoms with Gasteiger partial charge in [0.2, 0.25) is 0 Å². The van der Waals surface area contributed by atoms with Gasteiger partial charge in [-0.3, -0.25) is 0 Å². The molecule has 1 rings (SSSR count). The molecule has 62 valence electrons. The largest absolute Gasteiger partial charge is 0.0776 e. The van der Waals surface area contributed by atoms with Crippen LogP contribution in [0.1, 0.15) is 38.3 Å². The van der Waals surface area contributed by atoms with Crippen molar-refractivity contribution >= 4 is 0 Å². The maximum absolute atomic E-state index is 2.21. The molecule has 0 aliphatic rings. The molecule has 0 unspecified atom stereocenters. The van der Waals surface area contributed by atoms with E-state index in [-0.39, 0.29) is 7.43 Å². The van der Waals surface area contributed by atoms with Crippen LogP contribution in [0.15, 0.2) is 24.3 Å². The van der Waals surface area contributed by atoms with E-state index in [2.05, 4.69) is 45.0 Å². The Kier molecular flexibility index (Phi) is 3.88. The smallest absolute Gasteiger partial charge is 0.0219 e. The molecule has 0 atom stereocenters. The summed E-state index contributed by atoms with van der Waals surface area (Å²) in [5.74, 6) is 0.653. The van der Waals surface area contributed by atoms with Gasteiger partial charge in [-0.05, 0) is 18.4 Å². The van der Waals surface area contributed by atoms with Crippen molar-refractivity contribution in [2.24, 2.45) is 0 Å². The molecule has 0 aliphatic heterocycles. The summed E-state index contributed by atoms with van der Waals surface area (Å²) in [7, 11) is 0. The van der Waals surface area contributed by atoms with Crippen molar-refractivity contribution in [3.8, 4) is 0 Å². The predicted molar refractivity (Wildman–Crippen MR) is 52.0 cm³/mol. The van der Waals surface area contributed by atoms with E-state index in [1.165, 1.54) is 11.1 Å². The zero-order valence-corrected chi connectivity index (χ0v) is 6.89. The Balaban J connectivity index is 0.000001000. The van der Waals surface area contributed by atoms with E-state index in [0.29, 0.717) is 5.92 Å². The Morgan fingerprint density at radius 1 is 1.00 bits per heavy atom. The molecular weight excluding hydrogens is 132 g/mol. The fraction of sp³-hybridized carbons (Fsp3) is 0.455. The summed E-state index contributed by atoms with van der Waals surface area (Å²) in [4.78, 5) is 0. The summed E-state index contributed by atoms with van der Waals surface area (Å²) in [6.45, 7) is 6.54. The maximum Gasteiger partial charge on any atom is -0.0219 e.